The van der Waals surface area contributed by atoms with Crippen molar-refractivity contribution >= 4 is 0 Å². The molecule has 2 heterocycles. The highest BCUT2D eigenvalue weighted by molar-refractivity contribution is 5.11. The Morgan fingerprint density at radius 1 is 1.31 bits per heavy atom. The number of hydrogen-bond donors (Lipinski definition) is 1. The Hall–Kier alpha value is -1.75. The van der Waals surface area contributed by atoms with Gasteiger partial charge >= 0.3 is 0 Å². The van der Waals surface area contributed by atoms with Crippen molar-refractivity contribution in [3.63, 3.8) is 0 Å². The molecule has 0 bridgehead atoms. The van der Waals surface area contributed by atoms with Crippen molar-refractivity contribution < 1.29 is 0 Å². The van der Waals surface area contributed by atoms with Gasteiger partial charge in [-0.3, -0.25) is 4.98 Å². The summed E-state index contributed by atoms with van der Waals surface area (Å²) in [7, 11) is 0. The summed E-state index contributed by atoms with van der Waals surface area (Å²) in [4.78, 5) is 8.44. The zero-order valence-electron chi connectivity index (χ0n) is 9.30. The largest absolute Gasteiger partial charge is 0.311 e. The second-order valence-corrected chi connectivity index (χ2v) is 3.49. The van der Waals surface area contributed by atoms with Gasteiger partial charge in [-0.15, -0.1) is 0 Å². The van der Waals surface area contributed by atoms with Crippen LogP contribution in [0.25, 0.3) is 0 Å². The number of rotatable bonds is 5. The molecule has 0 fully saturated rings. The average molecular weight is 217 g/mol. The fourth-order valence-corrected chi connectivity index (χ4v) is 1.45. The van der Waals surface area contributed by atoms with Crippen molar-refractivity contribution in [1.29, 1.82) is 0 Å². The van der Waals surface area contributed by atoms with Crippen LogP contribution in [0.15, 0.2) is 30.9 Å². The van der Waals surface area contributed by atoms with E-state index in [1.165, 1.54) is 6.33 Å². The first-order chi connectivity index (χ1) is 7.88. The summed E-state index contributed by atoms with van der Waals surface area (Å²) in [5.74, 6) is 0. The van der Waals surface area contributed by atoms with E-state index in [1.807, 2.05) is 18.2 Å². The molecule has 0 saturated carbocycles. The molecule has 0 aliphatic carbocycles. The molecular weight excluding hydrogens is 202 g/mol. The molecule has 84 valence electrons. The van der Waals surface area contributed by atoms with E-state index in [9.17, 15) is 0 Å². The van der Waals surface area contributed by atoms with E-state index in [-0.39, 0.29) is 0 Å². The predicted octanol–water partition coefficient (Wildman–Crippen LogP) is 0.831. The van der Waals surface area contributed by atoms with Gasteiger partial charge in [0.1, 0.15) is 12.7 Å². The molecule has 0 atom stereocenters. The number of nitrogens with zero attached hydrogens (tertiary/aromatic N) is 4. The summed E-state index contributed by atoms with van der Waals surface area (Å²) in [6.45, 7) is 4.51. The van der Waals surface area contributed by atoms with E-state index in [4.69, 9.17) is 0 Å². The highest BCUT2D eigenvalue weighted by atomic mass is 15.3. The van der Waals surface area contributed by atoms with Gasteiger partial charge in [0.25, 0.3) is 0 Å². The molecule has 0 radical (unpaired) electrons. The molecule has 1 N–H and O–H groups in total. The lowest BCUT2D eigenvalue weighted by Crippen LogP contribution is -2.13. The van der Waals surface area contributed by atoms with Crippen molar-refractivity contribution in [3.8, 4) is 0 Å². The molecule has 16 heavy (non-hydrogen) atoms. The number of pyridine rings is 1. The molecule has 0 aromatic carbocycles. The van der Waals surface area contributed by atoms with Crippen LogP contribution in [0, 0.1) is 0 Å². The van der Waals surface area contributed by atoms with Crippen molar-refractivity contribution in [2.75, 3.05) is 6.54 Å². The van der Waals surface area contributed by atoms with E-state index in [0.717, 1.165) is 24.5 Å². The lowest BCUT2D eigenvalue weighted by atomic mass is 10.3. The fourth-order valence-electron chi connectivity index (χ4n) is 1.45. The minimum absolute atomic E-state index is 0.667. The first-order valence-corrected chi connectivity index (χ1v) is 5.36. The van der Waals surface area contributed by atoms with Crippen LogP contribution in [-0.2, 0) is 13.1 Å². The first kappa shape index (κ1) is 10.8. The molecule has 2 rings (SSSR count). The quantitative estimate of drug-likeness (QED) is 0.806. The third-order valence-electron chi connectivity index (χ3n) is 2.21. The second kappa shape index (κ2) is 5.37. The van der Waals surface area contributed by atoms with Crippen LogP contribution in [0.3, 0.4) is 0 Å². The monoisotopic (exact) mass is 217 g/mol. The molecule has 5 nitrogen and oxygen atoms in total. The summed E-state index contributed by atoms with van der Waals surface area (Å²) in [5.41, 5.74) is 2.06. The molecule has 2 aromatic rings. The molecule has 0 spiro atoms. The molecule has 5 heteroatoms. The van der Waals surface area contributed by atoms with Crippen LogP contribution in [0.1, 0.15) is 18.3 Å². The van der Waals surface area contributed by atoms with Crippen molar-refractivity contribution in [1.82, 2.24) is 25.1 Å². The van der Waals surface area contributed by atoms with Crippen LogP contribution in [0.2, 0.25) is 0 Å². The lowest BCUT2D eigenvalue weighted by Gasteiger charge is -2.04. The van der Waals surface area contributed by atoms with E-state index in [2.05, 4.69) is 27.3 Å². The third kappa shape index (κ3) is 2.87. The first-order valence-electron chi connectivity index (χ1n) is 5.36. The Morgan fingerprint density at radius 3 is 2.94 bits per heavy atom. The number of aromatic nitrogens is 4. The summed E-state index contributed by atoms with van der Waals surface area (Å²) in [6.07, 6.45) is 3.22. The maximum Gasteiger partial charge on any atom is 0.137 e. The molecule has 2 aromatic heterocycles. The fraction of sp³-hybridized carbons (Fsp3) is 0.364. The van der Waals surface area contributed by atoms with Gasteiger partial charge in [0.05, 0.1) is 17.9 Å². The van der Waals surface area contributed by atoms with Crippen molar-refractivity contribution in [2.45, 2.75) is 20.0 Å². The number of nitrogens with one attached hydrogen (secondary N) is 1. The lowest BCUT2D eigenvalue weighted by molar-refractivity contribution is 0.657. The summed E-state index contributed by atoms with van der Waals surface area (Å²) in [6, 6.07) is 6.04. The summed E-state index contributed by atoms with van der Waals surface area (Å²) in [5, 5.41) is 7.31. The average Bonchev–Trinajstić information content (AvgIpc) is 2.80. The van der Waals surface area contributed by atoms with Crippen molar-refractivity contribution in [2.24, 2.45) is 0 Å². The standard InChI is InChI=1S/C11H15N5/c1-2-12-6-10-4-3-5-11(15-10)7-16-9-13-8-14-16/h3-5,8-9,12H,2,6-7H2,1H3. The molecular formula is C11H15N5. The van der Waals surface area contributed by atoms with Gasteiger partial charge < -0.3 is 5.32 Å². The van der Waals surface area contributed by atoms with Gasteiger partial charge in [-0.2, -0.15) is 5.10 Å². The Kier molecular flexibility index (Phi) is 3.61. The van der Waals surface area contributed by atoms with Gasteiger partial charge in [0, 0.05) is 6.54 Å². The highest BCUT2D eigenvalue weighted by Gasteiger charge is 1.99. The molecule has 0 aliphatic rings. The zero-order valence-corrected chi connectivity index (χ0v) is 9.30. The molecule has 0 aliphatic heterocycles. The Morgan fingerprint density at radius 2 is 2.19 bits per heavy atom. The Labute approximate surface area is 94.5 Å². The minimum atomic E-state index is 0.667. The Balaban J connectivity index is 2.04. The Bertz CT molecular complexity index is 424. The number of hydrogen-bond acceptors (Lipinski definition) is 4. The normalized spacial score (nSPS) is 10.6. The van der Waals surface area contributed by atoms with Crippen molar-refractivity contribution in [3.05, 3.63) is 42.2 Å². The van der Waals surface area contributed by atoms with Gasteiger partial charge in [-0.1, -0.05) is 13.0 Å². The zero-order chi connectivity index (χ0) is 11.2. The van der Waals surface area contributed by atoms with E-state index >= 15 is 0 Å². The van der Waals surface area contributed by atoms with E-state index in [0.29, 0.717) is 6.54 Å². The van der Waals surface area contributed by atoms with Gasteiger partial charge in [-0.05, 0) is 18.7 Å². The SMILES string of the molecule is CCNCc1cccc(Cn2cncn2)n1. The van der Waals surface area contributed by atoms with Crippen LogP contribution in [-0.4, -0.2) is 26.3 Å². The van der Waals surface area contributed by atoms with Gasteiger partial charge in [-0.25, -0.2) is 9.67 Å². The topological polar surface area (TPSA) is 55.6 Å². The smallest absolute Gasteiger partial charge is 0.137 e. The van der Waals surface area contributed by atoms with E-state index in [1.54, 1.807) is 11.0 Å². The molecule has 0 unspecified atom stereocenters. The van der Waals surface area contributed by atoms with Gasteiger partial charge in [0.15, 0.2) is 0 Å². The minimum Gasteiger partial charge on any atom is -0.311 e. The molecule has 0 saturated heterocycles. The van der Waals surface area contributed by atoms with Crippen LogP contribution >= 0.6 is 0 Å². The summed E-state index contributed by atoms with van der Waals surface area (Å²) >= 11 is 0. The van der Waals surface area contributed by atoms with E-state index < -0.39 is 0 Å². The molecule has 0 amide bonds. The second-order valence-electron chi connectivity index (χ2n) is 3.49. The highest BCUT2D eigenvalue weighted by Crippen LogP contribution is 2.01. The van der Waals surface area contributed by atoms with Gasteiger partial charge in [0.2, 0.25) is 0 Å². The van der Waals surface area contributed by atoms with Crippen LogP contribution in [0.5, 0.6) is 0 Å². The summed E-state index contributed by atoms with van der Waals surface area (Å²) < 4.78 is 1.76. The predicted molar refractivity (Wildman–Crippen MR) is 60.7 cm³/mol. The van der Waals surface area contributed by atoms with Crippen LogP contribution in [0.4, 0.5) is 0 Å². The maximum absolute atomic E-state index is 4.53. The maximum atomic E-state index is 4.53. The third-order valence-corrected chi connectivity index (χ3v) is 2.21. The van der Waals surface area contributed by atoms with Crippen LogP contribution < -0.4 is 5.32 Å².